The number of rotatable bonds is 2. The van der Waals surface area contributed by atoms with Gasteiger partial charge in [0.2, 0.25) is 0 Å². The minimum absolute atomic E-state index is 0.521. The van der Waals surface area contributed by atoms with Gasteiger partial charge in [0.25, 0.3) is 0 Å². The van der Waals surface area contributed by atoms with Crippen molar-refractivity contribution in [2.24, 2.45) is 5.92 Å². The molecule has 0 spiro atoms. The molecular weight excluding hydrogens is 207 g/mol. The fourth-order valence-electron chi connectivity index (χ4n) is 1.79. The Morgan fingerprint density at radius 1 is 1.53 bits per heavy atom. The van der Waals surface area contributed by atoms with Gasteiger partial charge in [-0.3, -0.25) is 10.00 Å². The number of halogens is 3. The number of hydrogen-bond acceptors (Lipinski definition) is 2. The summed E-state index contributed by atoms with van der Waals surface area (Å²) in [4.78, 5) is 2.08. The summed E-state index contributed by atoms with van der Waals surface area (Å²) in [6.45, 7) is 4.53. The van der Waals surface area contributed by atoms with E-state index in [0.29, 0.717) is 18.2 Å². The van der Waals surface area contributed by atoms with Crippen LogP contribution in [0, 0.1) is 5.92 Å². The summed E-state index contributed by atoms with van der Waals surface area (Å²) in [6.07, 6.45) is -4.35. The summed E-state index contributed by atoms with van der Waals surface area (Å²) < 4.78 is 36.6. The van der Waals surface area contributed by atoms with Gasteiger partial charge in [0.1, 0.15) is 0 Å². The summed E-state index contributed by atoms with van der Waals surface area (Å²) in [5.41, 5.74) is -0.319. The van der Waals surface area contributed by atoms with Gasteiger partial charge in [-0.1, -0.05) is 6.92 Å². The SMILES string of the molecule is CC1CN(Cc2cc(C(F)(F)F)n[nH]2)C1. The van der Waals surface area contributed by atoms with Gasteiger partial charge in [0, 0.05) is 25.3 Å². The number of aromatic nitrogens is 2. The van der Waals surface area contributed by atoms with E-state index in [1.807, 2.05) is 0 Å². The number of alkyl halides is 3. The maximum absolute atomic E-state index is 12.2. The van der Waals surface area contributed by atoms with E-state index in [4.69, 9.17) is 0 Å². The van der Waals surface area contributed by atoms with Gasteiger partial charge in [-0.25, -0.2) is 0 Å². The van der Waals surface area contributed by atoms with Crippen molar-refractivity contribution in [2.45, 2.75) is 19.6 Å². The maximum atomic E-state index is 12.2. The largest absolute Gasteiger partial charge is 0.435 e. The Morgan fingerprint density at radius 2 is 2.20 bits per heavy atom. The van der Waals surface area contributed by atoms with Crippen LogP contribution in [0.5, 0.6) is 0 Å². The number of likely N-dealkylation sites (tertiary alicyclic amines) is 1. The van der Waals surface area contributed by atoms with Crippen molar-refractivity contribution >= 4 is 0 Å². The average Bonchev–Trinajstić information content (AvgIpc) is 2.49. The number of hydrogen-bond donors (Lipinski definition) is 1. The lowest BCUT2D eigenvalue weighted by atomic mass is 10.0. The first-order chi connectivity index (χ1) is 6.95. The quantitative estimate of drug-likeness (QED) is 0.823. The van der Waals surface area contributed by atoms with Crippen molar-refractivity contribution in [1.82, 2.24) is 15.1 Å². The number of nitrogens with zero attached hydrogens (tertiary/aromatic N) is 2. The Morgan fingerprint density at radius 3 is 2.67 bits per heavy atom. The molecule has 1 N–H and O–H groups in total. The molecule has 0 bridgehead atoms. The molecule has 2 rings (SSSR count). The van der Waals surface area contributed by atoms with Crippen LogP contribution in [-0.2, 0) is 12.7 Å². The molecule has 0 radical (unpaired) electrons. The Balaban J connectivity index is 1.96. The van der Waals surface area contributed by atoms with E-state index in [-0.39, 0.29) is 0 Å². The zero-order valence-corrected chi connectivity index (χ0v) is 8.30. The van der Waals surface area contributed by atoms with Crippen molar-refractivity contribution in [3.8, 4) is 0 Å². The molecule has 0 saturated carbocycles. The fourth-order valence-corrected chi connectivity index (χ4v) is 1.79. The predicted octanol–water partition coefficient (Wildman–Crippen LogP) is 1.88. The van der Waals surface area contributed by atoms with Crippen LogP contribution in [0.3, 0.4) is 0 Å². The van der Waals surface area contributed by atoms with Crippen molar-refractivity contribution in [1.29, 1.82) is 0 Å². The Labute approximate surface area is 85.3 Å². The summed E-state index contributed by atoms with van der Waals surface area (Å²) >= 11 is 0. The summed E-state index contributed by atoms with van der Waals surface area (Å²) in [6, 6.07) is 1.07. The molecule has 1 aliphatic rings. The van der Waals surface area contributed by atoms with E-state index in [1.54, 1.807) is 0 Å². The lowest BCUT2D eigenvalue weighted by Crippen LogP contribution is -2.44. The first kappa shape index (κ1) is 10.5. The third-order valence-electron chi connectivity index (χ3n) is 2.46. The third kappa shape index (κ3) is 2.31. The normalized spacial score (nSPS) is 19.2. The van der Waals surface area contributed by atoms with Crippen LogP contribution < -0.4 is 0 Å². The molecule has 15 heavy (non-hydrogen) atoms. The third-order valence-corrected chi connectivity index (χ3v) is 2.46. The van der Waals surface area contributed by atoms with E-state index in [9.17, 15) is 13.2 Å². The summed E-state index contributed by atoms with van der Waals surface area (Å²) in [5.74, 6) is 0.648. The highest BCUT2D eigenvalue weighted by Crippen LogP contribution is 2.28. The zero-order valence-electron chi connectivity index (χ0n) is 8.30. The molecule has 84 valence electrons. The van der Waals surface area contributed by atoms with Crippen LogP contribution in [0.2, 0.25) is 0 Å². The van der Waals surface area contributed by atoms with E-state index in [2.05, 4.69) is 22.0 Å². The molecule has 2 heterocycles. The zero-order chi connectivity index (χ0) is 11.1. The summed E-state index contributed by atoms with van der Waals surface area (Å²) in [5, 5.41) is 5.66. The average molecular weight is 219 g/mol. The lowest BCUT2D eigenvalue weighted by molar-refractivity contribution is -0.141. The Kier molecular flexibility index (Phi) is 2.46. The Bertz CT molecular complexity index is 339. The number of aromatic amines is 1. The highest BCUT2D eigenvalue weighted by Gasteiger charge is 2.34. The molecule has 0 aromatic carbocycles. The van der Waals surface area contributed by atoms with Crippen molar-refractivity contribution < 1.29 is 13.2 Å². The number of nitrogens with one attached hydrogen (secondary N) is 1. The minimum atomic E-state index is -4.35. The van der Waals surface area contributed by atoms with Crippen LogP contribution in [0.15, 0.2) is 6.07 Å². The van der Waals surface area contributed by atoms with Crippen LogP contribution in [0.25, 0.3) is 0 Å². The molecule has 1 aromatic rings. The van der Waals surface area contributed by atoms with Gasteiger partial charge in [-0.2, -0.15) is 18.3 Å². The van der Waals surface area contributed by atoms with Gasteiger partial charge in [0.15, 0.2) is 5.69 Å². The van der Waals surface area contributed by atoms with Crippen LogP contribution in [0.1, 0.15) is 18.3 Å². The number of H-pyrrole nitrogens is 1. The maximum Gasteiger partial charge on any atom is 0.435 e. The van der Waals surface area contributed by atoms with Gasteiger partial charge in [0.05, 0.1) is 0 Å². The molecule has 1 saturated heterocycles. The highest BCUT2D eigenvalue weighted by atomic mass is 19.4. The summed E-state index contributed by atoms with van der Waals surface area (Å²) in [7, 11) is 0. The molecule has 0 atom stereocenters. The van der Waals surface area contributed by atoms with Crippen LogP contribution in [-0.4, -0.2) is 28.2 Å². The molecule has 1 aromatic heterocycles. The molecule has 1 fully saturated rings. The monoisotopic (exact) mass is 219 g/mol. The molecule has 3 nitrogen and oxygen atoms in total. The second-order valence-corrected chi connectivity index (χ2v) is 4.08. The minimum Gasteiger partial charge on any atom is -0.297 e. The van der Waals surface area contributed by atoms with Crippen molar-refractivity contribution in [2.75, 3.05) is 13.1 Å². The molecule has 6 heteroatoms. The van der Waals surface area contributed by atoms with Gasteiger partial charge < -0.3 is 0 Å². The van der Waals surface area contributed by atoms with Crippen LogP contribution in [0.4, 0.5) is 13.2 Å². The molecular formula is C9H12F3N3. The van der Waals surface area contributed by atoms with Gasteiger partial charge in [-0.15, -0.1) is 0 Å². The van der Waals surface area contributed by atoms with E-state index < -0.39 is 11.9 Å². The molecule has 0 aliphatic carbocycles. The first-order valence-corrected chi connectivity index (χ1v) is 4.79. The highest BCUT2D eigenvalue weighted by molar-refractivity contribution is 5.11. The topological polar surface area (TPSA) is 31.9 Å². The molecule has 0 amide bonds. The van der Waals surface area contributed by atoms with E-state index in [1.165, 1.54) is 0 Å². The smallest absolute Gasteiger partial charge is 0.297 e. The van der Waals surface area contributed by atoms with Gasteiger partial charge in [-0.05, 0) is 12.0 Å². The predicted molar refractivity (Wildman–Crippen MR) is 48.0 cm³/mol. The first-order valence-electron chi connectivity index (χ1n) is 4.79. The van der Waals surface area contributed by atoms with Crippen LogP contribution >= 0.6 is 0 Å². The van der Waals surface area contributed by atoms with Crippen molar-refractivity contribution in [3.63, 3.8) is 0 Å². The Hall–Kier alpha value is -1.04. The standard InChI is InChI=1S/C9H12F3N3/c1-6-3-15(4-6)5-7-2-8(14-13-7)9(10,11)12/h2,6H,3-5H2,1H3,(H,13,14). The second-order valence-electron chi connectivity index (χ2n) is 4.08. The lowest BCUT2D eigenvalue weighted by Gasteiger charge is -2.36. The van der Waals surface area contributed by atoms with Gasteiger partial charge >= 0.3 is 6.18 Å². The van der Waals surface area contributed by atoms with E-state index >= 15 is 0 Å². The molecule has 1 aliphatic heterocycles. The second kappa shape index (κ2) is 3.52. The fraction of sp³-hybridized carbons (Fsp3) is 0.667. The molecule has 0 unspecified atom stereocenters. The van der Waals surface area contributed by atoms with E-state index in [0.717, 1.165) is 19.2 Å². The van der Waals surface area contributed by atoms with Crippen molar-refractivity contribution in [3.05, 3.63) is 17.5 Å².